The summed E-state index contributed by atoms with van der Waals surface area (Å²) in [5.74, 6) is -1.45. The third-order valence-electron chi connectivity index (χ3n) is 4.23. The summed E-state index contributed by atoms with van der Waals surface area (Å²) in [5, 5.41) is 8.69. The van der Waals surface area contributed by atoms with Crippen LogP contribution in [0.2, 0.25) is 0 Å². The number of benzene rings is 1. The van der Waals surface area contributed by atoms with Gasteiger partial charge in [-0.15, -0.1) is 11.3 Å². The highest BCUT2D eigenvalue weighted by atomic mass is 32.2. The number of carbonyl (C=O) groups excluding carboxylic acids is 2. The Kier molecular flexibility index (Phi) is 5.10. The molecule has 1 aromatic heterocycles. The van der Waals surface area contributed by atoms with E-state index in [1.54, 1.807) is 28.5 Å². The summed E-state index contributed by atoms with van der Waals surface area (Å²) in [7, 11) is 1.24. The second kappa shape index (κ2) is 7.69. The fourth-order valence-electron chi connectivity index (χ4n) is 2.88. The molecule has 9 heteroatoms. The van der Waals surface area contributed by atoms with E-state index in [4.69, 9.17) is 0 Å². The fourth-order valence-corrected chi connectivity index (χ4v) is 4.48. The molecule has 1 unspecified atom stereocenters. The van der Waals surface area contributed by atoms with Crippen LogP contribution >= 0.6 is 23.1 Å². The maximum absolute atomic E-state index is 13.4. The van der Waals surface area contributed by atoms with Gasteiger partial charge in [-0.3, -0.25) is 4.79 Å². The lowest BCUT2D eigenvalue weighted by molar-refractivity contribution is -0.135. The van der Waals surface area contributed by atoms with Gasteiger partial charge >= 0.3 is 5.97 Å². The van der Waals surface area contributed by atoms with Crippen LogP contribution in [0.1, 0.15) is 22.9 Å². The Balaban J connectivity index is 1.68. The summed E-state index contributed by atoms with van der Waals surface area (Å²) in [6.45, 7) is 0. The Bertz CT molecular complexity index is 1010. The van der Waals surface area contributed by atoms with Crippen molar-refractivity contribution in [3.63, 3.8) is 0 Å². The molecule has 2 aliphatic heterocycles. The molecule has 28 heavy (non-hydrogen) atoms. The summed E-state index contributed by atoms with van der Waals surface area (Å²) in [5.41, 5.74) is 1.73. The number of methoxy groups -OCH3 is 1. The topological polar surface area (TPSA) is 71.3 Å². The number of hydrazone groups is 1. The molecule has 0 bridgehead atoms. The standard InChI is InChI=1S/C19H14FN3O3S2/c1-26-17(24)10-16-18(25)21-19(28-16)23-14(11-4-6-12(20)7-5-11)9-13(22-23)15-3-2-8-27-15/h2-8,10,14H,9H2,1H3/b16-10+. The highest BCUT2D eigenvalue weighted by Crippen LogP contribution is 2.39. The molecule has 3 heterocycles. The molecule has 142 valence electrons. The van der Waals surface area contributed by atoms with Crippen LogP contribution < -0.4 is 0 Å². The summed E-state index contributed by atoms with van der Waals surface area (Å²) >= 11 is 2.64. The first kappa shape index (κ1) is 18.6. The molecular weight excluding hydrogens is 401 g/mol. The van der Waals surface area contributed by atoms with Gasteiger partial charge in [-0.25, -0.2) is 14.2 Å². The summed E-state index contributed by atoms with van der Waals surface area (Å²) in [6.07, 6.45) is 1.71. The summed E-state index contributed by atoms with van der Waals surface area (Å²) in [4.78, 5) is 28.9. The van der Waals surface area contributed by atoms with Crippen molar-refractivity contribution in [2.24, 2.45) is 10.1 Å². The summed E-state index contributed by atoms with van der Waals surface area (Å²) in [6, 6.07) is 9.89. The minimum absolute atomic E-state index is 0.180. The maximum Gasteiger partial charge on any atom is 0.331 e. The van der Waals surface area contributed by atoms with E-state index in [1.807, 2.05) is 17.5 Å². The van der Waals surface area contributed by atoms with Gasteiger partial charge in [0.2, 0.25) is 0 Å². The van der Waals surface area contributed by atoms with E-state index in [0.717, 1.165) is 34.0 Å². The highest BCUT2D eigenvalue weighted by molar-refractivity contribution is 8.18. The van der Waals surface area contributed by atoms with Gasteiger partial charge in [0, 0.05) is 12.5 Å². The lowest BCUT2D eigenvalue weighted by Crippen LogP contribution is -2.23. The predicted molar refractivity (Wildman–Crippen MR) is 107 cm³/mol. The van der Waals surface area contributed by atoms with E-state index in [2.05, 4.69) is 14.8 Å². The van der Waals surface area contributed by atoms with Gasteiger partial charge < -0.3 is 4.74 Å². The fraction of sp³-hybridized carbons (Fsp3) is 0.158. The monoisotopic (exact) mass is 415 g/mol. The van der Waals surface area contributed by atoms with Gasteiger partial charge in [-0.05, 0) is 40.9 Å². The Morgan fingerprint density at radius 3 is 2.79 bits per heavy atom. The number of thioether (sulfide) groups is 1. The molecule has 0 aliphatic carbocycles. The Hall–Kier alpha value is -2.78. The number of halogens is 1. The lowest BCUT2D eigenvalue weighted by Gasteiger charge is -2.22. The molecule has 0 saturated heterocycles. The van der Waals surface area contributed by atoms with Crippen LogP contribution in [-0.4, -0.2) is 34.9 Å². The Morgan fingerprint density at radius 2 is 2.11 bits per heavy atom. The van der Waals surface area contributed by atoms with E-state index >= 15 is 0 Å². The molecule has 0 spiro atoms. The third-order valence-corrected chi connectivity index (χ3v) is 6.12. The highest BCUT2D eigenvalue weighted by Gasteiger charge is 2.36. The van der Waals surface area contributed by atoms with Crippen molar-refractivity contribution < 1.29 is 18.7 Å². The molecule has 0 saturated carbocycles. The van der Waals surface area contributed by atoms with E-state index in [-0.39, 0.29) is 16.8 Å². The zero-order chi connectivity index (χ0) is 19.7. The van der Waals surface area contributed by atoms with E-state index in [9.17, 15) is 14.0 Å². The first-order valence-electron chi connectivity index (χ1n) is 8.31. The average Bonchev–Trinajstić information content (AvgIpc) is 3.42. The Morgan fingerprint density at radius 1 is 1.32 bits per heavy atom. The van der Waals surface area contributed by atoms with Gasteiger partial charge in [0.15, 0.2) is 5.17 Å². The first-order valence-corrected chi connectivity index (χ1v) is 10.0. The smallest absolute Gasteiger partial charge is 0.331 e. The molecule has 6 nitrogen and oxygen atoms in total. The number of rotatable bonds is 3. The summed E-state index contributed by atoms with van der Waals surface area (Å²) < 4.78 is 17.9. The van der Waals surface area contributed by atoms with Crippen molar-refractivity contribution >= 4 is 45.9 Å². The minimum atomic E-state index is -0.619. The second-order valence-electron chi connectivity index (χ2n) is 5.97. The molecule has 2 aromatic rings. The van der Waals surface area contributed by atoms with Crippen molar-refractivity contribution in [2.75, 3.05) is 7.11 Å². The van der Waals surface area contributed by atoms with E-state index in [0.29, 0.717) is 11.6 Å². The molecule has 4 rings (SSSR count). The van der Waals surface area contributed by atoms with Crippen molar-refractivity contribution in [1.82, 2.24) is 5.01 Å². The van der Waals surface area contributed by atoms with Gasteiger partial charge in [0.05, 0.1) is 28.6 Å². The minimum Gasteiger partial charge on any atom is -0.466 e. The van der Waals surface area contributed by atoms with Gasteiger partial charge in [-0.1, -0.05) is 18.2 Å². The van der Waals surface area contributed by atoms with E-state index in [1.165, 1.54) is 19.2 Å². The molecule has 1 amide bonds. The van der Waals surface area contributed by atoms with Gasteiger partial charge in [-0.2, -0.15) is 10.1 Å². The largest absolute Gasteiger partial charge is 0.466 e. The number of aliphatic imine (C=N–C) groups is 1. The number of hydrogen-bond acceptors (Lipinski definition) is 7. The van der Waals surface area contributed by atoms with Crippen molar-refractivity contribution in [3.05, 3.63) is 69.0 Å². The van der Waals surface area contributed by atoms with Gasteiger partial charge in [0.25, 0.3) is 5.91 Å². The zero-order valence-electron chi connectivity index (χ0n) is 14.7. The lowest BCUT2D eigenvalue weighted by atomic mass is 10.0. The first-order chi connectivity index (χ1) is 13.5. The molecule has 2 aliphatic rings. The Labute approximate surface area is 168 Å². The molecule has 1 aromatic carbocycles. The van der Waals surface area contributed by atoms with Gasteiger partial charge in [0.1, 0.15) is 5.82 Å². The second-order valence-corrected chi connectivity index (χ2v) is 7.93. The molecule has 1 atom stereocenters. The number of amides is 1. The van der Waals surface area contributed by atoms with Crippen LogP contribution in [0, 0.1) is 5.82 Å². The number of carbonyl (C=O) groups is 2. The normalized spacial score (nSPS) is 20.5. The molecule has 0 N–H and O–H groups in total. The molecule has 0 radical (unpaired) electrons. The average molecular weight is 415 g/mol. The SMILES string of the molecule is COC(=O)/C=C1/SC(N2N=C(c3cccs3)CC2c2ccc(F)cc2)=NC1=O. The number of ether oxygens (including phenoxy) is 1. The molecule has 0 fully saturated rings. The van der Waals surface area contributed by atoms with Crippen LogP contribution in [0.15, 0.2) is 62.9 Å². The number of esters is 1. The number of thiophene rings is 1. The maximum atomic E-state index is 13.4. The number of hydrogen-bond donors (Lipinski definition) is 0. The number of amidine groups is 1. The number of nitrogens with zero attached hydrogens (tertiary/aromatic N) is 3. The quantitative estimate of drug-likeness (QED) is 0.564. The van der Waals surface area contributed by atoms with Crippen LogP contribution in [0.3, 0.4) is 0 Å². The van der Waals surface area contributed by atoms with Crippen LogP contribution in [0.4, 0.5) is 4.39 Å². The predicted octanol–water partition coefficient (Wildman–Crippen LogP) is 3.72. The van der Waals surface area contributed by atoms with Crippen LogP contribution in [0.25, 0.3) is 0 Å². The van der Waals surface area contributed by atoms with Crippen LogP contribution in [0.5, 0.6) is 0 Å². The van der Waals surface area contributed by atoms with Crippen molar-refractivity contribution in [2.45, 2.75) is 12.5 Å². The molecular formula is C19H14FN3O3S2. The van der Waals surface area contributed by atoms with E-state index < -0.39 is 11.9 Å². The van der Waals surface area contributed by atoms with Crippen LogP contribution in [-0.2, 0) is 14.3 Å². The van der Waals surface area contributed by atoms with Crippen molar-refractivity contribution in [3.8, 4) is 0 Å². The zero-order valence-corrected chi connectivity index (χ0v) is 16.3. The third kappa shape index (κ3) is 3.63. The van der Waals surface area contributed by atoms with Crippen molar-refractivity contribution in [1.29, 1.82) is 0 Å².